The van der Waals surface area contributed by atoms with Crippen LogP contribution in [0.5, 0.6) is 5.88 Å². The predicted octanol–water partition coefficient (Wildman–Crippen LogP) is 2.80. The van der Waals surface area contributed by atoms with Gasteiger partial charge in [-0.1, -0.05) is 25.2 Å². The molecule has 0 atom stereocenters. The molecule has 0 radical (unpaired) electrons. The largest absolute Gasteiger partial charge is 0.474 e. The van der Waals surface area contributed by atoms with Crippen LogP contribution >= 0.6 is 11.3 Å². The van der Waals surface area contributed by atoms with Gasteiger partial charge in [0, 0.05) is 12.0 Å². The van der Waals surface area contributed by atoms with E-state index >= 15 is 0 Å². The van der Waals surface area contributed by atoms with Crippen LogP contribution in [0.1, 0.15) is 43.3 Å². The zero-order valence-electron chi connectivity index (χ0n) is 13.7. The molecule has 7 nitrogen and oxygen atoms in total. The lowest BCUT2D eigenvalue weighted by molar-refractivity contribution is 0.155. The number of nitriles is 1. The fourth-order valence-electron chi connectivity index (χ4n) is 2.40. The van der Waals surface area contributed by atoms with Gasteiger partial charge in [0.2, 0.25) is 5.88 Å². The molecule has 126 valence electrons. The first-order valence-electron chi connectivity index (χ1n) is 8.03. The second-order valence-corrected chi connectivity index (χ2v) is 6.97. The number of aromatic nitrogens is 3. The number of hydrogen-bond donors (Lipinski definition) is 2. The third kappa shape index (κ3) is 4.19. The first kappa shape index (κ1) is 16.6. The van der Waals surface area contributed by atoms with Crippen LogP contribution in [-0.4, -0.2) is 34.1 Å². The molecule has 0 spiro atoms. The van der Waals surface area contributed by atoms with E-state index < -0.39 is 0 Å². The molecule has 0 bridgehead atoms. The first-order chi connectivity index (χ1) is 11.6. The summed E-state index contributed by atoms with van der Waals surface area (Å²) in [6, 6.07) is 3.87. The Hall–Kier alpha value is -2.24. The molecule has 2 N–H and O–H groups in total. The second-order valence-electron chi connectivity index (χ2n) is 5.94. The number of piperidine rings is 1. The number of rotatable bonds is 5. The summed E-state index contributed by atoms with van der Waals surface area (Å²) in [5.41, 5.74) is 0. The van der Waals surface area contributed by atoms with Crippen molar-refractivity contribution in [1.29, 1.82) is 5.26 Å². The van der Waals surface area contributed by atoms with Gasteiger partial charge < -0.3 is 15.4 Å². The highest BCUT2D eigenvalue weighted by atomic mass is 32.1. The Bertz CT molecular complexity index is 732. The van der Waals surface area contributed by atoms with Crippen molar-refractivity contribution in [3.05, 3.63) is 23.0 Å². The highest BCUT2D eigenvalue weighted by molar-refractivity contribution is 7.16. The number of hydrogen-bond acceptors (Lipinski definition) is 8. The summed E-state index contributed by atoms with van der Waals surface area (Å²) in [7, 11) is 0. The van der Waals surface area contributed by atoms with E-state index in [-0.39, 0.29) is 12.0 Å². The Balaban J connectivity index is 1.80. The first-order valence-corrected chi connectivity index (χ1v) is 8.85. The van der Waals surface area contributed by atoms with Gasteiger partial charge in [-0.2, -0.15) is 10.2 Å². The molecule has 24 heavy (non-hydrogen) atoms. The van der Waals surface area contributed by atoms with Crippen LogP contribution in [0.25, 0.3) is 0 Å². The zero-order chi connectivity index (χ0) is 16.9. The lowest BCUT2D eigenvalue weighted by atomic mass is 10.1. The van der Waals surface area contributed by atoms with E-state index in [2.05, 4.69) is 31.7 Å². The molecule has 0 unspecified atom stereocenters. The molecule has 1 fully saturated rings. The van der Waals surface area contributed by atoms with Crippen LogP contribution in [0.4, 0.5) is 10.9 Å². The Labute approximate surface area is 145 Å². The summed E-state index contributed by atoms with van der Waals surface area (Å²) in [4.78, 5) is 13.8. The number of nitrogens with one attached hydrogen (secondary N) is 2. The molecular weight excluding hydrogens is 324 g/mol. The minimum Gasteiger partial charge on any atom is -0.474 e. The van der Waals surface area contributed by atoms with Crippen molar-refractivity contribution in [3.63, 3.8) is 0 Å². The number of thiazole rings is 1. The fraction of sp³-hybridized carbons (Fsp3) is 0.500. The smallest absolute Gasteiger partial charge is 0.219 e. The maximum atomic E-state index is 8.90. The molecule has 1 saturated heterocycles. The van der Waals surface area contributed by atoms with Gasteiger partial charge in [0.1, 0.15) is 28.7 Å². The molecule has 0 aliphatic carbocycles. The van der Waals surface area contributed by atoms with Gasteiger partial charge in [0.25, 0.3) is 0 Å². The van der Waals surface area contributed by atoms with Gasteiger partial charge in [0.05, 0.1) is 6.20 Å². The average Bonchev–Trinajstić information content (AvgIpc) is 3.03. The molecule has 8 heteroatoms. The molecule has 1 aliphatic rings. The summed E-state index contributed by atoms with van der Waals surface area (Å²) in [5, 5.41) is 16.0. The van der Waals surface area contributed by atoms with E-state index in [1.54, 1.807) is 12.3 Å². The molecule has 2 aromatic heterocycles. The number of ether oxygens (including phenoxy) is 1. The molecule has 3 rings (SSSR count). The molecule has 0 amide bonds. The summed E-state index contributed by atoms with van der Waals surface area (Å²) < 4.78 is 6.05. The summed E-state index contributed by atoms with van der Waals surface area (Å²) >= 11 is 1.29. The quantitative estimate of drug-likeness (QED) is 0.861. The maximum absolute atomic E-state index is 8.90. The summed E-state index contributed by atoms with van der Waals surface area (Å²) in [5.74, 6) is 2.13. The predicted molar refractivity (Wildman–Crippen MR) is 92.8 cm³/mol. The van der Waals surface area contributed by atoms with E-state index in [1.807, 2.05) is 13.8 Å². The van der Waals surface area contributed by atoms with Crippen molar-refractivity contribution in [3.8, 4) is 11.9 Å². The van der Waals surface area contributed by atoms with E-state index in [0.29, 0.717) is 21.7 Å². The van der Waals surface area contributed by atoms with E-state index in [4.69, 9.17) is 10.00 Å². The highest BCUT2D eigenvalue weighted by Crippen LogP contribution is 2.25. The van der Waals surface area contributed by atoms with Crippen LogP contribution in [0.2, 0.25) is 0 Å². The fourth-order valence-corrected chi connectivity index (χ4v) is 3.02. The molecular formula is C16H20N6OS. The highest BCUT2D eigenvalue weighted by Gasteiger charge is 2.17. The molecule has 0 aromatic carbocycles. The van der Waals surface area contributed by atoms with Gasteiger partial charge in [-0.15, -0.1) is 0 Å². The Morgan fingerprint density at radius 2 is 2.17 bits per heavy atom. The van der Waals surface area contributed by atoms with Gasteiger partial charge in [-0.25, -0.2) is 9.97 Å². The van der Waals surface area contributed by atoms with Crippen LogP contribution in [0.3, 0.4) is 0 Å². The zero-order valence-corrected chi connectivity index (χ0v) is 14.6. The number of nitrogens with zero attached hydrogens (tertiary/aromatic N) is 4. The van der Waals surface area contributed by atoms with Gasteiger partial charge in [-0.3, -0.25) is 0 Å². The second kappa shape index (κ2) is 7.55. The van der Waals surface area contributed by atoms with Gasteiger partial charge >= 0.3 is 0 Å². The third-order valence-corrected chi connectivity index (χ3v) is 4.48. The Kier molecular flexibility index (Phi) is 5.23. The minimum absolute atomic E-state index is 0.180. The van der Waals surface area contributed by atoms with Crippen molar-refractivity contribution in [2.45, 2.75) is 38.7 Å². The van der Waals surface area contributed by atoms with Crippen molar-refractivity contribution in [2.75, 3.05) is 18.4 Å². The molecule has 0 saturated carbocycles. The normalized spacial score (nSPS) is 15.2. The minimum atomic E-state index is 0.180. The van der Waals surface area contributed by atoms with Crippen molar-refractivity contribution in [2.24, 2.45) is 0 Å². The average molecular weight is 344 g/mol. The molecule has 1 aliphatic heterocycles. The van der Waals surface area contributed by atoms with Crippen molar-refractivity contribution < 1.29 is 4.74 Å². The SMILES string of the molecule is CC(C)c1nc(Nc2ncc(C#N)s2)cc(OC2CCNCC2)n1. The van der Waals surface area contributed by atoms with Crippen molar-refractivity contribution in [1.82, 2.24) is 20.3 Å². The summed E-state index contributed by atoms with van der Waals surface area (Å²) in [6.45, 7) is 6.02. The standard InChI is InChI=1S/C16H20N6OS/c1-10(2)15-20-13(21-16-19-9-12(8-17)24-16)7-14(22-15)23-11-3-5-18-6-4-11/h7,9-11,18H,3-6H2,1-2H3,(H,19,20,21,22). The van der Waals surface area contributed by atoms with E-state index in [9.17, 15) is 0 Å². The van der Waals surface area contributed by atoms with Crippen LogP contribution in [0.15, 0.2) is 12.3 Å². The maximum Gasteiger partial charge on any atom is 0.219 e. The lowest BCUT2D eigenvalue weighted by Gasteiger charge is -2.23. The Morgan fingerprint density at radius 1 is 1.38 bits per heavy atom. The van der Waals surface area contributed by atoms with Gasteiger partial charge in [0.15, 0.2) is 5.13 Å². The summed E-state index contributed by atoms with van der Waals surface area (Å²) in [6.07, 6.45) is 3.67. The monoisotopic (exact) mass is 344 g/mol. The van der Waals surface area contributed by atoms with E-state index in [0.717, 1.165) is 31.8 Å². The molecule has 3 heterocycles. The third-order valence-electron chi connectivity index (χ3n) is 3.66. The van der Waals surface area contributed by atoms with E-state index in [1.165, 1.54) is 11.3 Å². The number of anilines is 2. The van der Waals surface area contributed by atoms with Crippen LogP contribution in [-0.2, 0) is 0 Å². The molecule has 2 aromatic rings. The van der Waals surface area contributed by atoms with Crippen molar-refractivity contribution >= 4 is 22.3 Å². The Morgan fingerprint density at radius 3 is 2.83 bits per heavy atom. The van der Waals surface area contributed by atoms with Gasteiger partial charge in [-0.05, 0) is 25.9 Å². The van der Waals surface area contributed by atoms with Crippen LogP contribution in [0, 0.1) is 11.3 Å². The van der Waals surface area contributed by atoms with Crippen LogP contribution < -0.4 is 15.4 Å². The lowest BCUT2D eigenvalue weighted by Crippen LogP contribution is -2.34. The topological polar surface area (TPSA) is 95.8 Å².